The predicted molar refractivity (Wildman–Crippen MR) is 137 cm³/mol. The number of ketones is 1. The minimum atomic E-state index is -1.88. The number of hydrogen-bond acceptors (Lipinski definition) is 16. The van der Waals surface area contributed by atoms with Gasteiger partial charge in [0.05, 0.1) is 20.1 Å². The number of aliphatic hydroxyl groups is 7. The van der Waals surface area contributed by atoms with Crippen molar-refractivity contribution in [1.82, 2.24) is 0 Å². The molecule has 0 aliphatic carbocycles. The van der Waals surface area contributed by atoms with Crippen molar-refractivity contribution >= 4 is 5.78 Å². The second-order valence-corrected chi connectivity index (χ2v) is 10.3. The summed E-state index contributed by atoms with van der Waals surface area (Å²) in [5.74, 6) is -1.09. The molecule has 0 unspecified atom stereocenters. The molecule has 11 atom stereocenters. The minimum Gasteiger partial charge on any atom is -0.507 e. The molecule has 2 aromatic carbocycles. The van der Waals surface area contributed by atoms with Gasteiger partial charge < -0.3 is 74.4 Å². The van der Waals surface area contributed by atoms with Crippen LogP contribution < -0.4 is 14.2 Å². The van der Waals surface area contributed by atoms with Crippen LogP contribution in [0.3, 0.4) is 0 Å². The van der Waals surface area contributed by atoms with E-state index in [-0.39, 0.29) is 35.0 Å². The maximum atomic E-state index is 12.9. The molecule has 16 heteroatoms. The largest absolute Gasteiger partial charge is 0.507 e. The van der Waals surface area contributed by atoms with Gasteiger partial charge in [-0.1, -0.05) is 6.07 Å². The van der Waals surface area contributed by atoms with Crippen molar-refractivity contribution in [2.24, 2.45) is 0 Å². The van der Waals surface area contributed by atoms with Crippen LogP contribution in [-0.4, -0.2) is 127 Å². The molecule has 236 valence electrons. The first-order chi connectivity index (χ1) is 20.4. The molecule has 5 rings (SSSR count). The fourth-order valence-electron chi connectivity index (χ4n) is 5.01. The molecule has 2 aromatic rings. The predicted octanol–water partition coefficient (Wildman–Crippen LogP) is -2.23. The van der Waals surface area contributed by atoms with Gasteiger partial charge in [0.15, 0.2) is 29.9 Å². The van der Waals surface area contributed by atoms with E-state index < -0.39 is 85.8 Å². The molecule has 2 saturated heterocycles. The lowest BCUT2D eigenvalue weighted by Gasteiger charge is -2.42. The number of hydrogen-bond donors (Lipinski definition) is 9. The molecule has 3 heterocycles. The van der Waals surface area contributed by atoms with Crippen molar-refractivity contribution in [2.75, 3.05) is 13.7 Å². The van der Waals surface area contributed by atoms with Gasteiger partial charge in [-0.25, -0.2) is 0 Å². The van der Waals surface area contributed by atoms with Crippen LogP contribution in [0.15, 0.2) is 30.3 Å². The third kappa shape index (κ3) is 6.07. The van der Waals surface area contributed by atoms with E-state index in [0.29, 0.717) is 5.56 Å². The number of phenols is 2. The number of aliphatic hydroxyl groups excluding tert-OH is 7. The van der Waals surface area contributed by atoms with Crippen molar-refractivity contribution in [3.05, 3.63) is 41.5 Å². The highest BCUT2D eigenvalue weighted by molar-refractivity contribution is 6.02. The summed E-state index contributed by atoms with van der Waals surface area (Å²) in [5, 5.41) is 91.0. The maximum Gasteiger partial charge on any atom is 0.229 e. The minimum absolute atomic E-state index is 0.0585. The Bertz CT molecular complexity index is 1320. The second kappa shape index (κ2) is 12.4. The Labute approximate surface area is 243 Å². The van der Waals surface area contributed by atoms with Gasteiger partial charge in [0, 0.05) is 12.1 Å². The van der Waals surface area contributed by atoms with Gasteiger partial charge in [0.1, 0.15) is 71.6 Å². The normalized spacial score (nSPS) is 36.0. The fraction of sp³-hybridized carbons (Fsp3) is 0.519. The van der Waals surface area contributed by atoms with Crippen LogP contribution in [-0.2, 0) is 14.2 Å². The average molecular weight is 613 g/mol. The molecule has 3 aliphatic rings. The number of aromatic hydroxyl groups is 2. The number of methoxy groups -OCH3 is 1. The summed E-state index contributed by atoms with van der Waals surface area (Å²) in [6, 6.07) is 6.76. The average Bonchev–Trinajstić information content (AvgIpc) is 2.97. The molecule has 2 fully saturated rings. The van der Waals surface area contributed by atoms with Gasteiger partial charge in [-0.05, 0) is 17.7 Å². The number of phenolic OH excluding ortho intramolecular Hbond substituents is 2. The number of ether oxygens (including phenoxy) is 6. The van der Waals surface area contributed by atoms with Gasteiger partial charge in [0.25, 0.3) is 0 Å². The van der Waals surface area contributed by atoms with Crippen LogP contribution in [0.25, 0.3) is 0 Å². The molecular weight excluding hydrogens is 580 g/mol. The Kier molecular flexibility index (Phi) is 8.96. The van der Waals surface area contributed by atoms with E-state index >= 15 is 0 Å². The van der Waals surface area contributed by atoms with Gasteiger partial charge >= 0.3 is 0 Å². The number of carbonyl (C=O) groups excluding carboxylic acids is 1. The Hall–Kier alpha value is -3.29. The summed E-state index contributed by atoms with van der Waals surface area (Å²) in [6.07, 6.45) is -18.3. The lowest BCUT2D eigenvalue weighted by Crippen LogP contribution is -2.61. The summed E-state index contributed by atoms with van der Waals surface area (Å²) in [7, 11) is 1.37. The van der Waals surface area contributed by atoms with E-state index in [1.807, 2.05) is 0 Å². The van der Waals surface area contributed by atoms with Crippen LogP contribution in [0.5, 0.6) is 28.7 Å². The molecule has 16 nitrogen and oxygen atoms in total. The molecule has 0 amide bonds. The van der Waals surface area contributed by atoms with Crippen molar-refractivity contribution < 1.29 is 79.2 Å². The molecule has 0 bridgehead atoms. The van der Waals surface area contributed by atoms with Crippen molar-refractivity contribution in [3.63, 3.8) is 0 Å². The van der Waals surface area contributed by atoms with Crippen molar-refractivity contribution in [2.45, 2.75) is 74.1 Å². The van der Waals surface area contributed by atoms with E-state index in [4.69, 9.17) is 28.4 Å². The third-order valence-corrected chi connectivity index (χ3v) is 7.44. The van der Waals surface area contributed by atoms with E-state index in [9.17, 15) is 50.8 Å². The number of carbonyl (C=O) groups is 1. The van der Waals surface area contributed by atoms with E-state index in [1.165, 1.54) is 25.3 Å². The van der Waals surface area contributed by atoms with E-state index in [0.717, 1.165) is 6.07 Å². The molecule has 43 heavy (non-hydrogen) atoms. The van der Waals surface area contributed by atoms with Crippen molar-refractivity contribution in [1.29, 1.82) is 0 Å². The molecule has 9 N–H and O–H groups in total. The highest BCUT2D eigenvalue weighted by Gasteiger charge is 2.48. The highest BCUT2D eigenvalue weighted by Crippen LogP contribution is 2.43. The zero-order valence-corrected chi connectivity index (χ0v) is 22.5. The highest BCUT2D eigenvalue weighted by atomic mass is 16.8. The van der Waals surface area contributed by atoms with Gasteiger partial charge in [-0.15, -0.1) is 0 Å². The molecule has 0 saturated carbocycles. The Morgan fingerprint density at radius 1 is 0.814 bits per heavy atom. The second-order valence-electron chi connectivity index (χ2n) is 10.3. The third-order valence-electron chi connectivity index (χ3n) is 7.44. The zero-order valence-electron chi connectivity index (χ0n) is 22.5. The van der Waals surface area contributed by atoms with Crippen LogP contribution in [0.1, 0.15) is 28.4 Å². The Morgan fingerprint density at radius 2 is 1.51 bits per heavy atom. The number of Topliss-reactive ketones (excluding diaryl/α,β-unsaturated/α-hetero) is 1. The summed E-state index contributed by atoms with van der Waals surface area (Å²) in [4.78, 5) is 12.9. The maximum absolute atomic E-state index is 12.9. The Balaban J connectivity index is 1.31. The summed E-state index contributed by atoms with van der Waals surface area (Å²) in [5.41, 5.74) is 0.397. The number of benzene rings is 2. The van der Waals surface area contributed by atoms with Gasteiger partial charge in [-0.2, -0.15) is 0 Å². The topological polar surface area (TPSA) is 255 Å². The van der Waals surface area contributed by atoms with Crippen LogP contribution >= 0.6 is 0 Å². The lowest BCUT2D eigenvalue weighted by atomic mass is 9.95. The molecule has 0 spiro atoms. The van der Waals surface area contributed by atoms with Crippen LogP contribution in [0, 0.1) is 0 Å². The lowest BCUT2D eigenvalue weighted by molar-refractivity contribution is -0.350. The molecular formula is C27H32O16. The molecule has 0 aromatic heterocycles. The van der Waals surface area contributed by atoms with Crippen molar-refractivity contribution in [3.8, 4) is 28.7 Å². The molecule has 3 aliphatic heterocycles. The van der Waals surface area contributed by atoms with Gasteiger partial charge in [-0.3, -0.25) is 4.79 Å². The first kappa shape index (κ1) is 31.1. The number of rotatable bonds is 7. The SMILES string of the molecule is COc1cc([C@@H]2CC(=O)c3c(O)cc(O[C@@H]4O[C@H](CO[C@@H]5O[C@@H](O)[C@H](O)[C@@H](O)[C@H]5O)[C@@H](O)[C@H](O)[C@H]4O)cc3O2)ccc1O. The Morgan fingerprint density at radius 3 is 2.23 bits per heavy atom. The fourth-order valence-corrected chi connectivity index (χ4v) is 5.01. The summed E-state index contributed by atoms with van der Waals surface area (Å²) in [6.45, 7) is -0.604. The molecule has 0 radical (unpaired) electrons. The van der Waals surface area contributed by atoms with E-state index in [2.05, 4.69) is 0 Å². The summed E-state index contributed by atoms with van der Waals surface area (Å²) >= 11 is 0. The van der Waals surface area contributed by atoms with Gasteiger partial charge in [0.2, 0.25) is 6.29 Å². The monoisotopic (exact) mass is 612 g/mol. The van der Waals surface area contributed by atoms with Crippen LogP contribution in [0.2, 0.25) is 0 Å². The quantitative estimate of drug-likeness (QED) is 0.160. The first-order valence-electron chi connectivity index (χ1n) is 13.2. The van der Waals surface area contributed by atoms with E-state index in [1.54, 1.807) is 6.07 Å². The standard InChI is InChI=1S/C27H32O16/c1-38-15-4-9(2-3-11(15)28)14-7-13(30)18-12(29)5-10(6-16(18)41-14)40-27-24(36)20(32)19(31)17(42-27)8-39-26-23(35)21(33)22(34)25(37)43-26/h2-6,14,17,19-29,31-37H,7-8H2,1H3/t14-,17+,19+,20-,21+,22+,23+,24+,25+,26+,27+/m0/s1. The summed E-state index contributed by atoms with van der Waals surface area (Å²) < 4.78 is 32.5. The van der Waals surface area contributed by atoms with Crippen LogP contribution in [0.4, 0.5) is 0 Å². The number of fused-ring (bicyclic) bond motifs is 1. The zero-order chi connectivity index (χ0) is 31.2. The first-order valence-corrected chi connectivity index (χ1v) is 13.2. The smallest absolute Gasteiger partial charge is 0.229 e.